The van der Waals surface area contributed by atoms with E-state index in [9.17, 15) is 14.3 Å². The van der Waals surface area contributed by atoms with E-state index in [1.54, 1.807) is 36.4 Å². The van der Waals surface area contributed by atoms with Crippen molar-refractivity contribution in [1.82, 2.24) is 9.78 Å². The van der Waals surface area contributed by atoms with Gasteiger partial charge in [0.2, 0.25) is 0 Å². The van der Waals surface area contributed by atoms with Gasteiger partial charge in [0.05, 0.1) is 17.6 Å². The summed E-state index contributed by atoms with van der Waals surface area (Å²) < 4.78 is 15.2. The molecule has 5 rings (SSSR count). The maximum absolute atomic E-state index is 13.4. The Balaban J connectivity index is 1.52. The highest BCUT2D eigenvalue weighted by atomic mass is 19.1. The van der Waals surface area contributed by atoms with Crippen LogP contribution < -0.4 is 0 Å². The fourth-order valence-corrected chi connectivity index (χ4v) is 5.08. The Morgan fingerprint density at radius 2 is 1.90 bits per heavy atom. The third-order valence-electron chi connectivity index (χ3n) is 6.74. The van der Waals surface area contributed by atoms with Gasteiger partial charge in [-0.25, -0.2) is 9.07 Å². The molecule has 0 bridgehead atoms. The number of phenolic OH excluding ortho intramolecular Hbond substituents is 1. The van der Waals surface area contributed by atoms with Gasteiger partial charge in [-0.15, -0.1) is 0 Å². The molecule has 1 saturated carbocycles. The molecule has 4 nitrogen and oxygen atoms in total. The predicted molar refractivity (Wildman–Crippen MR) is 113 cm³/mol. The first-order chi connectivity index (χ1) is 14.5. The number of aromatic nitrogens is 2. The molecule has 1 heterocycles. The summed E-state index contributed by atoms with van der Waals surface area (Å²) in [6.45, 7) is 2.19. The number of Topliss-reactive ketones (excluding diaryl/α,β-unsaturated/α-hetero) is 1. The summed E-state index contributed by atoms with van der Waals surface area (Å²) in [5.74, 6) is -0.0760. The van der Waals surface area contributed by atoms with Crippen LogP contribution in [-0.4, -0.2) is 20.7 Å². The molecule has 0 radical (unpaired) electrons. The summed E-state index contributed by atoms with van der Waals surface area (Å²) in [5, 5.41) is 14.1. The van der Waals surface area contributed by atoms with Crippen molar-refractivity contribution < 1.29 is 14.3 Å². The van der Waals surface area contributed by atoms with Crippen LogP contribution in [0.1, 0.15) is 47.8 Å². The van der Waals surface area contributed by atoms with Crippen molar-refractivity contribution in [2.75, 3.05) is 0 Å². The quantitative estimate of drug-likeness (QED) is 0.601. The van der Waals surface area contributed by atoms with Crippen LogP contribution in [0.15, 0.2) is 60.3 Å². The maximum atomic E-state index is 13.4. The van der Waals surface area contributed by atoms with Crippen LogP contribution in [0.3, 0.4) is 0 Å². The van der Waals surface area contributed by atoms with Crippen LogP contribution in [0.5, 0.6) is 5.75 Å². The Morgan fingerprint density at radius 1 is 1.17 bits per heavy atom. The molecule has 0 aliphatic heterocycles. The lowest BCUT2D eigenvalue weighted by atomic mass is 9.58. The molecule has 152 valence electrons. The first-order valence-electron chi connectivity index (χ1n) is 10.3. The lowest BCUT2D eigenvalue weighted by Gasteiger charge is -2.45. The fraction of sp³-hybridized carbons (Fsp3) is 0.280. The summed E-state index contributed by atoms with van der Waals surface area (Å²) in [7, 11) is 0. The monoisotopic (exact) mass is 402 g/mol. The van der Waals surface area contributed by atoms with E-state index >= 15 is 0 Å². The van der Waals surface area contributed by atoms with Crippen LogP contribution in [0.4, 0.5) is 4.39 Å². The largest absolute Gasteiger partial charge is 0.508 e. The summed E-state index contributed by atoms with van der Waals surface area (Å²) in [6, 6.07) is 12.9. The number of halogens is 1. The van der Waals surface area contributed by atoms with Crippen molar-refractivity contribution in [2.24, 2.45) is 11.3 Å². The second-order valence-electron chi connectivity index (χ2n) is 8.56. The molecule has 1 fully saturated rings. The van der Waals surface area contributed by atoms with Crippen LogP contribution in [0.2, 0.25) is 0 Å². The predicted octanol–water partition coefficient (Wildman–Crippen LogP) is 5.35. The zero-order valence-electron chi connectivity index (χ0n) is 16.8. The molecule has 30 heavy (non-hydrogen) atoms. The summed E-state index contributed by atoms with van der Waals surface area (Å²) in [4.78, 5) is 13.4. The van der Waals surface area contributed by atoms with Gasteiger partial charge >= 0.3 is 0 Å². The maximum Gasteiger partial charge on any atom is 0.166 e. The van der Waals surface area contributed by atoms with Crippen molar-refractivity contribution in [2.45, 2.75) is 32.6 Å². The number of phenols is 1. The van der Waals surface area contributed by atoms with E-state index in [2.05, 4.69) is 18.1 Å². The second-order valence-corrected chi connectivity index (χ2v) is 8.56. The minimum absolute atomic E-state index is 0.107. The smallest absolute Gasteiger partial charge is 0.166 e. The van der Waals surface area contributed by atoms with Gasteiger partial charge in [-0.05, 0) is 85.9 Å². The number of hydrogen-bond donors (Lipinski definition) is 1. The van der Waals surface area contributed by atoms with Crippen LogP contribution in [0, 0.1) is 17.2 Å². The van der Waals surface area contributed by atoms with Crippen molar-refractivity contribution in [3.8, 4) is 11.4 Å². The van der Waals surface area contributed by atoms with E-state index in [1.807, 2.05) is 10.9 Å². The van der Waals surface area contributed by atoms with Gasteiger partial charge in [0.25, 0.3) is 0 Å². The number of carbonyl (C=O) groups is 1. The molecule has 5 heteroatoms. The SMILES string of the molecule is C[C@]12Cc3cnn(-c4ccc(F)cc4)c3C=C1CCC[C@@H]2C(=O)c1ccc(O)cc1. The topological polar surface area (TPSA) is 55.1 Å². The molecule has 0 unspecified atom stereocenters. The summed E-state index contributed by atoms with van der Waals surface area (Å²) >= 11 is 0. The zero-order chi connectivity index (χ0) is 20.9. The lowest BCUT2D eigenvalue weighted by Crippen LogP contribution is -2.41. The standard InChI is InChI=1S/C25H23FN2O2/c1-25-14-17-15-27-28(20-9-7-19(26)8-10-20)23(17)13-18(25)3-2-4-22(25)24(30)16-5-11-21(29)12-6-16/h5-13,15,22,29H,2-4,14H2,1H3/t22-,25+/m1/s1. The number of nitrogens with zero attached hydrogens (tertiary/aromatic N) is 2. The first-order valence-corrected chi connectivity index (χ1v) is 10.3. The molecule has 0 spiro atoms. The van der Waals surface area contributed by atoms with Crippen molar-refractivity contribution in [3.63, 3.8) is 0 Å². The van der Waals surface area contributed by atoms with Crippen LogP contribution in [0.25, 0.3) is 11.8 Å². The number of aromatic hydroxyl groups is 1. The molecule has 1 aromatic heterocycles. The van der Waals surface area contributed by atoms with Gasteiger partial charge in [0.1, 0.15) is 11.6 Å². The van der Waals surface area contributed by atoms with E-state index in [4.69, 9.17) is 0 Å². The van der Waals surface area contributed by atoms with E-state index < -0.39 is 0 Å². The van der Waals surface area contributed by atoms with Crippen molar-refractivity contribution in [3.05, 3.63) is 82.9 Å². The molecule has 0 amide bonds. The Labute approximate surface area is 174 Å². The number of ketones is 1. The minimum Gasteiger partial charge on any atom is -0.508 e. The first kappa shape index (κ1) is 18.8. The number of rotatable bonds is 3. The number of benzene rings is 2. The van der Waals surface area contributed by atoms with Gasteiger partial charge in [0.15, 0.2) is 5.78 Å². The third-order valence-corrected chi connectivity index (χ3v) is 6.74. The molecule has 2 aromatic carbocycles. The van der Waals surface area contributed by atoms with Gasteiger partial charge in [-0.3, -0.25) is 4.79 Å². The molecule has 2 atom stereocenters. The number of hydrogen-bond acceptors (Lipinski definition) is 3. The van der Waals surface area contributed by atoms with Gasteiger partial charge in [0, 0.05) is 16.9 Å². The summed E-state index contributed by atoms with van der Waals surface area (Å²) in [5.41, 5.74) is 4.63. The molecular weight excluding hydrogens is 379 g/mol. The fourth-order valence-electron chi connectivity index (χ4n) is 5.08. The molecule has 3 aromatic rings. The highest BCUT2D eigenvalue weighted by Gasteiger charge is 2.46. The van der Waals surface area contributed by atoms with Crippen LogP contribution in [-0.2, 0) is 6.42 Å². The Hall–Kier alpha value is -3.21. The second kappa shape index (κ2) is 6.94. The average Bonchev–Trinajstić information content (AvgIpc) is 3.14. The Morgan fingerprint density at radius 3 is 2.63 bits per heavy atom. The Kier molecular flexibility index (Phi) is 4.35. The summed E-state index contributed by atoms with van der Waals surface area (Å²) in [6.07, 6.45) is 7.60. The van der Waals surface area contributed by atoms with E-state index in [0.717, 1.165) is 42.6 Å². The third kappa shape index (κ3) is 2.96. The Bertz CT molecular complexity index is 1140. The number of allylic oxidation sites excluding steroid dienone is 1. The number of carbonyl (C=O) groups excluding carboxylic acids is 1. The molecule has 0 saturated heterocycles. The normalized spacial score (nSPS) is 22.7. The minimum atomic E-state index is -0.270. The van der Waals surface area contributed by atoms with Crippen LogP contribution >= 0.6 is 0 Å². The van der Waals surface area contributed by atoms with Gasteiger partial charge < -0.3 is 5.11 Å². The van der Waals surface area contributed by atoms with Crippen molar-refractivity contribution in [1.29, 1.82) is 0 Å². The van der Waals surface area contributed by atoms with E-state index in [1.165, 1.54) is 17.7 Å². The lowest BCUT2D eigenvalue weighted by molar-refractivity contribution is 0.0762. The highest BCUT2D eigenvalue weighted by molar-refractivity contribution is 5.99. The number of fused-ring (bicyclic) bond motifs is 2. The van der Waals surface area contributed by atoms with Gasteiger partial charge in [-0.1, -0.05) is 12.5 Å². The van der Waals surface area contributed by atoms with Gasteiger partial charge in [-0.2, -0.15) is 5.10 Å². The molecule has 2 aliphatic rings. The molecule has 2 aliphatic carbocycles. The molecule has 1 N–H and O–H groups in total. The zero-order valence-corrected chi connectivity index (χ0v) is 16.8. The van der Waals surface area contributed by atoms with E-state index in [0.29, 0.717) is 5.56 Å². The highest BCUT2D eigenvalue weighted by Crippen LogP contribution is 2.52. The van der Waals surface area contributed by atoms with E-state index in [-0.39, 0.29) is 28.7 Å². The average molecular weight is 402 g/mol. The molecular formula is C25H23FN2O2. The van der Waals surface area contributed by atoms with Crippen molar-refractivity contribution >= 4 is 11.9 Å².